The van der Waals surface area contributed by atoms with Crippen LogP contribution in [0.1, 0.15) is 22.5 Å². The number of benzene rings is 1. The first-order valence-corrected chi connectivity index (χ1v) is 9.10. The molecule has 0 bridgehead atoms. The summed E-state index contributed by atoms with van der Waals surface area (Å²) in [5, 5.41) is 4.50. The zero-order chi connectivity index (χ0) is 19.3. The fourth-order valence-corrected chi connectivity index (χ4v) is 3.68. The van der Waals surface area contributed by atoms with Crippen molar-refractivity contribution in [2.24, 2.45) is 0 Å². The predicted octanol–water partition coefficient (Wildman–Crippen LogP) is 3.12. The van der Waals surface area contributed by atoms with Crippen molar-refractivity contribution in [1.29, 1.82) is 0 Å². The van der Waals surface area contributed by atoms with E-state index in [1.54, 1.807) is 29.2 Å². The number of alkyl halides is 1. The van der Waals surface area contributed by atoms with E-state index in [1.807, 2.05) is 17.0 Å². The van der Waals surface area contributed by atoms with Crippen LogP contribution in [0.25, 0.3) is 5.69 Å². The summed E-state index contributed by atoms with van der Waals surface area (Å²) in [6.07, 6.45) is 3.06. The van der Waals surface area contributed by atoms with Gasteiger partial charge in [0.05, 0.1) is 36.2 Å². The highest BCUT2D eigenvalue weighted by atomic mass is 19.1. The number of anilines is 2. The van der Waals surface area contributed by atoms with Crippen LogP contribution in [0, 0.1) is 5.82 Å². The van der Waals surface area contributed by atoms with E-state index < -0.39 is 6.17 Å². The van der Waals surface area contributed by atoms with Gasteiger partial charge in [0.15, 0.2) is 0 Å². The summed E-state index contributed by atoms with van der Waals surface area (Å²) < 4.78 is 28.4. The first-order valence-electron chi connectivity index (χ1n) is 9.10. The molecule has 0 aliphatic carbocycles. The van der Waals surface area contributed by atoms with Crippen molar-refractivity contribution < 1.29 is 13.6 Å². The largest absolute Gasteiger partial charge is 0.354 e. The van der Waals surface area contributed by atoms with Gasteiger partial charge in [0.1, 0.15) is 17.8 Å². The molecule has 5 rings (SSSR count). The summed E-state index contributed by atoms with van der Waals surface area (Å²) in [6, 6.07) is 9.64. The molecule has 0 saturated carbocycles. The second-order valence-corrected chi connectivity index (χ2v) is 7.01. The molecule has 1 atom stereocenters. The number of amides is 1. The molecule has 2 aliphatic rings. The average molecular weight is 381 g/mol. The average Bonchev–Trinajstić information content (AvgIpc) is 3.38. The van der Waals surface area contributed by atoms with Gasteiger partial charge in [-0.15, -0.1) is 0 Å². The summed E-state index contributed by atoms with van der Waals surface area (Å²) in [4.78, 5) is 20.5. The molecule has 0 N–H and O–H groups in total. The number of carbonyl (C=O) groups is 1. The van der Waals surface area contributed by atoms with Crippen LogP contribution in [0.5, 0.6) is 0 Å². The smallest absolute Gasteiger partial charge is 0.262 e. The van der Waals surface area contributed by atoms with Gasteiger partial charge in [-0.05, 0) is 36.8 Å². The minimum atomic E-state index is -0.803. The Morgan fingerprint density at radius 2 is 2.04 bits per heavy atom. The molecular formula is C20H17F2N5O. The highest BCUT2D eigenvalue weighted by molar-refractivity contribution is 6.09. The molecule has 1 amide bonds. The molecule has 8 heteroatoms. The maximum absolute atomic E-state index is 13.5. The van der Waals surface area contributed by atoms with E-state index in [9.17, 15) is 13.6 Å². The van der Waals surface area contributed by atoms with Crippen LogP contribution in [-0.4, -0.2) is 39.9 Å². The molecule has 4 heterocycles. The molecule has 0 spiro atoms. The van der Waals surface area contributed by atoms with Crippen LogP contribution in [0.15, 0.2) is 48.8 Å². The van der Waals surface area contributed by atoms with Crippen LogP contribution >= 0.6 is 0 Å². The number of nitrogens with zero attached hydrogens (tertiary/aromatic N) is 5. The lowest BCUT2D eigenvalue weighted by atomic mass is 10.3. The van der Waals surface area contributed by atoms with Gasteiger partial charge in [0.2, 0.25) is 0 Å². The molecule has 0 radical (unpaired) electrons. The topological polar surface area (TPSA) is 54.3 Å². The summed E-state index contributed by atoms with van der Waals surface area (Å²) in [6.45, 7) is 1.32. The van der Waals surface area contributed by atoms with Gasteiger partial charge in [0.25, 0.3) is 5.91 Å². The van der Waals surface area contributed by atoms with E-state index in [1.165, 1.54) is 17.0 Å². The molecule has 1 saturated heterocycles. The number of hydrogen-bond donors (Lipinski definition) is 0. The van der Waals surface area contributed by atoms with E-state index in [0.717, 1.165) is 11.5 Å². The Hall–Kier alpha value is -3.29. The molecule has 3 aromatic rings. The van der Waals surface area contributed by atoms with E-state index >= 15 is 0 Å². The summed E-state index contributed by atoms with van der Waals surface area (Å²) >= 11 is 0. The highest BCUT2D eigenvalue weighted by Crippen LogP contribution is 2.29. The van der Waals surface area contributed by atoms with Crippen LogP contribution < -0.4 is 9.80 Å². The second-order valence-electron chi connectivity index (χ2n) is 7.01. The number of pyridine rings is 1. The third-order valence-electron chi connectivity index (χ3n) is 5.15. The minimum absolute atomic E-state index is 0.206. The Labute approximate surface area is 160 Å². The van der Waals surface area contributed by atoms with Gasteiger partial charge in [-0.1, -0.05) is 6.07 Å². The highest BCUT2D eigenvalue weighted by Gasteiger charge is 2.32. The zero-order valence-electron chi connectivity index (χ0n) is 14.9. The van der Waals surface area contributed by atoms with Crippen molar-refractivity contribution in [1.82, 2.24) is 14.8 Å². The summed E-state index contributed by atoms with van der Waals surface area (Å²) in [5.41, 5.74) is 2.36. The van der Waals surface area contributed by atoms with Crippen molar-refractivity contribution in [3.63, 3.8) is 0 Å². The van der Waals surface area contributed by atoms with Gasteiger partial charge in [-0.2, -0.15) is 5.10 Å². The standard InChI is InChI=1S/C20H17F2N5O/c21-13-2-1-3-15(8-13)26-12-18-17(20(26)28)11-27(24-18)16-4-5-19(23-9-16)25-7-6-14(22)10-25/h1-5,8-9,11,14H,6-7,10,12H2/t14-/m1/s1. The monoisotopic (exact) mass is 381 g/mol. The molecule has 1 aromatic carbocycles. The molecule has 28 heavy (non-hydrogen) atoms. The van der Waals surface area contributed by atoms with Gasteiger partial charge in [-0.25, -0.2) is 18.4 Å². The van der Waals surface area contributed by atoms with Crippen LogP contribution in [0.4, 0.5) is 20.3 Å². The van der Waals surface area contributed by atoms with Crippen molar-refractivity contribution in [2.75, 3.05) is 22.9 Å². The van der Waals surface area contributed by atoms with E-state index in [4.69, 9.17) is 0 Å². The van der Waals surface area contributed by atoms with Crippen molar-refractivity contribution in [3.05, 3.63) is 65.9 Å². The normalized spacial score (nSPS) is 18.8. The van der Waals surface area contributed by atoms with Crippen molar-refractivity contribution >= 4 is 17.4 Å². The van der Waals surface area contributed by atoms with E-state index in [-0.39, 0.29) is 11.7 Å². The number of rotatable bonds is 3. The lowest BCUT2D eigenvalue weighted by Gasteiger charge is -2.17. The first-order chi connectivity index (χ1) is 13.6. The molecule has 6 nitrogen and oxygen atoms in total. The van der Waals surface area contributed by atoms with Crippen LogP contribution in [0.3, 0.4) is 0 Å². The maximum atomic E-state index is 13.5. The van der Waals surface area contributed by atoms with Crippen molar-refractivity contribution in [2.45, 2.75) is 19.1 Å². The Morgan fingerprint density at radius 3 is 2.71 bits per heavy atom. The summed E-state index contributed by atoms with van der Waals surface area (Å²) in [7, 11) is 0. The van der Waals surface area contributed by atoms with Gasteiger partial charge in [-0.3, -0.25) is 4.79 Å². The fraction of sp³-hybridized carbons (Fsp3) is 0.250. The number of fused-ring (bicyclic) bond motifs is 1. The SMILES string of the molecule is O=C1c2cn(-c3ccc(N4CC[C@@H](F)C4)nc3)nc2CN1c1cccc(F)c1. The molecule has 142 valence electrons. The Bertz CT molecular complexity index is 1050. The van der Waals surface area contributed by atoms with Crippen LogP contribution in [0.2, 0.25) is 0 Å². The molecule has 0 unspecified atom stereocenters. The number of aromatic nitrogens is 3. The minimum Gasteiger partial charge on any atom is -0.354 e. The quantitative estimate of drug-likeness (QED) is 0.700. The van der Waals surface area contributed by atoms with E-state index in [2.05, 4.69) is 10.1 Å². The number of carbonyl (C=O) groups excluding carboxylic acids is 1. The van der Waals surface area contributed by atoms with Gasteiger partial charge in [0, 0.05) is 18.4 Å². The fourth-order valence-electron chi connectivity index (χ4n) is 3.68. The number of halogens is 2. The van der Waals surface area contributed by atoms with Crippen molar-refractivity contribution in [3.8, 4) is 5.69 Å². The first kappa shape index (κ1) is 16.9. The molecule has 2 aliphatic heterocycles. The Morgan fingerprint density at radius 1 is 1.14 bits per heavy atom. The molecule has 1 fully saturated rings. The number of hydrogen-bond acceptors (Lipinski definition) is 4. The predicted molar refractivity (Wildman–Crippen MR) is 100.0 cm³/mol. The zero-order valence-corrected chi connectivity index (χ0v) is 14.9. The van der Waals surface area contributed by atoms with E-state index in [0.29, 0.717) is 43.0 Å². The third-order valence-corrected chi connectivity index (χ3v) is 5.15. The third kappa shape index (κ3) is 2.81. The summed E-state index contributed by atoms with van der Waals surface area (Å²) in [5.74, 6) is 0.141. The van der Waals surface area contributed by atoms with Gasteiger partial charge >= 0.3 is 0 Å². The maximum Gasteiger partial charge on any atom is 0.262 e. The Balaban J connectivity index is 1.37. The second kappa shape index (κ2) is 6.40. The molecular weight excluding hydrogens is 364 g/mol. The Kier molecular flexibility index (Phi) is 3.85. The van der Waals surface area contributed by atoms with Crippen LogP contribution in [-0.2, 0) is 6.54 Å². The molecule has 2 aromatic heterocycles. The lowest BCUT2D eigenvalue weighted by Crippen LogP contribution is -2.24. The lowest BCUT2D eigenvalue weighted by molar-refractivity contribution is 0.0996. The van der Waals surface area contributed by atoms with Gasteiger partial charge < -0.3 is 9.80 Å².